The molecule has 2 heteroatoms. The fourth-order valence-electron chi connectivity index (χ4n) is 2.44. The van der Waals surface area contributed by atoms with Gasteiger partial charge in [-0.1, -0.05) is 19.8 Å². The zero-order valence-electron chi connectivity index (χ0n) is 9.52. The van der Waals surface area contributed by atoms with Gasteiger partial charge < -0.3 is 4.90 Å². The van der Waals surface area contributed by atoms with Crippen LogP contribution in [0.1, 0.15) is 32.6 Å². The first kappa shape index (κ1) is 10.5. The molecule has 0 unspecified atom stereocenters. The molecule has 2 heterocycles. The lowest BCUT2D eigenvalue weighted by molar-refractivity contribution is 0.378. The van der Waals surface area contributed by atoms with Crippen molar-refractivity contribution in [1.82, 2.24) is 4.98 Å². The van der Waals surface area contributed by atoms with Gasteiger partial charge in [-0.2, -0.15) is 0 Å². The van der Waals surface area contributed by atoms with Crippen molar-refractivity contribution in [3.63, 3.8) is 0 Å². The molecule has 1 aromatic heterocycles. The van der Waals surface area contributed by atoms with Gasteiger partial charge >= 0.3 is 0 Å². The number of rotatable bonds is 3. The predicted octanol–water partition coefficient (Wildman–Crippen LogP) is 3.10. The molecule has 0 bridgehead atoms. The molecule has 1 aliphatic rings. The molecular formula is C13H20N2. The Balaban J connectivity index is 1.88. The van der Waals surface area contributed by atoms with Crippen LogP contribution in [0.3, 0.4) is 0 Å². The van der Waals surface area contributed by atoms with Crippen LogP contribution in [0.4, 0.5) is 5.69 Å². The minimum atomic E-state index is 0.966. The molecule has 2 nitrogen and oxygen atoms in total. The highest BCUT2D eigenvalue weighted by Crippen LogP contribution is 2.25. The van der Waals surface area contributed by atoms with Crippen LogP contribution in [0.25, 0.3) is 0 Å². The van der Waals surface area contributed by atoms with E-state index in [0.717, 1.165) is 5.92 Å². The number of hydrogen-bond acceptors (Lipinski definition) is 2. The summed E-state index contributed by atoms with van der Waals surface area (Å²) in [6, 6.07) is 4.22. The average molecular weight is 204 g/mol. The summed E-state index contributed by atoms with van der Waals surface area (Å²) in [6.07, 6.45) is 9.22. The van der Waals surface area contributed by atoms with E-state index in [1.807, 2.05) is 12.4 Å². The highest BCUT2D eigenvalue weighted by atomic mass is 15.1. The molecule has 0 saturated carbocycles. The largest absolute Gasteiger partial charge is 0.371 e. The van der Waals surface area contributed by atoms with Gasteiger partial charge in [0, 0.05) is 31.2 Å². The van der Waals surface area contributed by atoms with E-state index in [4.69, 9.17) is 0 Å². The lowest BCUT2D eigenvalue weighted by atomic mass is 9.92. The first-order valence-corrected chi connectivity index (χ1v) is 6.05. The van der Waals surface area contributed by atoms with Crippen LogP contribution < -0.4 is 4.90 Å². The molecule has 0 aliphatic carbocycles. The summed E-state index contributed by atoms with van der Waals surface area (Å²) in [5, 5.41) is 0. The summed E-state index contributed by atoms with van der Waals surface area (Å²) in [5.41, 5.74) is 1.33. The molecule has 0 radical (unpaired) electrons. The summed E-state index contributed by atoms with van der Waals surface area (Å²) in [5.74, 6) is 0.966. The van der Waals surface area contributed by atoms with Gasteiger partial charge in [0.2, 0.25) is 0 Å². The topological polar surface area (TPSA) is 16.1 Å². The van der Waals surface area contributed by atoms with Crippen molar-refractivity contribution in [2.75, 3.05) is 18.0 Å². The molecule has 0 aromatic carbocycles. The minimum absolute atomic E-state index is 0.966. The highest BCUT2D eigenvalue weighted by molar-refractivity contribution is 5.44. The monoisotopic (exact) mass is 204 g/mol. The third-order valence-corrected chi connectivity index (χ3v) is 3.34. The Kier molecular flexibility index (Phi) is 3.59. The smallest absolute Gasteiger partial charge is 0.0397 e. The van der Waals surface area contributed by atoms with Crippen LogP contribution in [-0.2, 0) is 0 Å². The van der Waals surface area contributed by atoms with Crippen LogP contribution in [0, 0.1) is 5.92 Å². The summed E-state index contributed by atoms with van der Waals surface area (Å²) in [4.78, 5) is 6.54. The van der Waals surface area contributed by atoms with Crippen LogP contribution in [-0.4, -0.2) is 18.1 Å². The first-order chi connectivity index (χ1) is 7.40. The zero-order chi connectivity index (χ0) is 10.5. The first-order valence-electron chi connectivity index (χ1n) is 6.05. The molecule has 0 N–H and O–H groups in total. The van der Waals surface area contributed by atoms with Crippen molar-refractivity contribution >= 4 is 5.69 Å². The number of nitrogens with zero attached hydrogens (tertiary/aromatic N) is 2. The van der Waals surface area contributed by atoms with Gasteiger partial charge in [-0.25, -0.2) is 0 Å². The van der Waals surface area contributed by atoms with Crippen molar-refractivity contribution in [2.45, 2.75) is 32.6 Å². The molecule has 82 valence electrons. The maximum Gasteiger partial charge on any atom is 0.0397 e. The molecule has 0 spiro atoms. The van der Waals surface area contributed by atoms with Gasteiger partial charge in [0.1, 0.15) is 0 Å². The lowest BCUT2D eigenvalue weighted by Crippen LogP contribution is -2.33. The summed E-state index contributed by atoms with van der Waals surface area (Å²) in [6.45, 7) is 4.72. The number of aromatic nitrogens is 1. The molecule has 2 rings (SSSR count). The molecule has 1 fully saturated rings. The summed E-state index contributed by atoms with van der Waals surface area (Å²) < 4.78 is 0. The molecular weight excluding hydrogens is 184 g/mol. The van der Waals surface area contributed by atoms with E-state index < -0.39 is 0 Å². The van der Waals surface area contributed by atoms with Gasteiger partial charge in [-0.3, -0.25) is 4.98 Å². The second kappa shape index (κ2) is 5.15. The fourth-order valence-corrected chi connectivity index (χ4v) is 2.44. The SMILES string of the molecule is CCCC1CCN(c2ccncc2)CC1. The number of pyridine rings is 1. The normalized spacial score (nSPS) is 18.1. The van der Waals surface area contributed by atoms with Crippen LogP contribution >= 0.6 is 0 Å². The number of anilines is 1. The van der Waals surface area contributed by atoms with Gasteiger partial charge in [0.15, 0.2) is 0 Å². The summed E-state index contributed by atoms with van der Waals surface area (Å²) >= 11 is 0. The van der Waals surface area contributed by atoms with E-state index in [1.165, 1.54) is 44.5 Å². The van der Waals surface area contributed by atoms with E-state index in [0.29, 0.717) is 0 Å². The van der Waals surface area contributed by atoms with E-state index in [-0.39, 0.29) is 0 Å². The number of hydrogen-bond donors (Lipinski definition) is 0. The second-order valence-corrected chi connectivity index (χ2v) is 4.42. The molecule has 0 atom stereocenters. The average Bonchev–Trinajstić information content (AvgIpc) is 2.32. The third kappa shape index (κ3) is 2.71. The highest BCUT2D eigenvalue weighted by Gasteiger charge is 2.18. The minimum Gasteiger partial charge on any atom is -0.371 e. The molecule has 15 heavy (non-hydrogen) atoms. The van der Waals surface area contributed by atoms with Gasteiger partial charge in [-0.15, -0.1) is 0 Å². The quantitative estimate of drug-likeness (QED) is 0.752. The Morgan fingerprint density at radius 1 is 1.27 bits per heavy atom. The summed E-state index contributed by atoms with van der Waals surface area (Å²) in [7, 11) is 0. The Morgan fingerprint density at radius 2 is 1.93 bits per heavy atom. The van der Waals surface area contributed by atoms with Crippen LogP contribution in [0.5, 0.6) is 0 Å². The van der Waals surface area contributed by atoms with Crippen molar-refractivity contribution in [1.29, 1.82) is 0 Å². The van der Waals surface area contributed by atoms with E-state index in [9.17, 15) is 0 Å². The maximum absolute atomic E-state index is 4.06. The Hall–Kier alpha value is -1.05. The second-order valence-electron chi connectivity index (χ2n) is 4.42. The lowest BCUT2D eigenvalue weighted by Gasteiger charge is -2.33. The van der Waals surface area contributed by atoms with Gasteiger partial charge in [0.25, 0.3) is 0 Å². The van der Waals surface area contributed by atoms with Crippen molar-refractivity contribution in [2.24, 2.45) is 5.92 Å². The van der Waals surface area contributed by atoms with Crippen LogP contribution in [0.15, 0.2) is 24.5 Å². The Bertz CT molecular complexity index is 276. The van der Waals surface area contributed by atoms with E-state index >= 15 is 0 Å². The Labute approximate surface area is 92.3 Å². The van der Waals surface area contributed by atoms with Gasteiger partial charge in [0.05, 0.1) is 0 Å². The van der Waals surface area contributed by atoms with E-state index in [1.54, 1.807) is 0 Å². The van der Waals surface area contributed by atoms with Crippen molar-refractivity contribution in [3.8, 4) is 0 Å². The molecule has 0 amide bonds. The van der Waals surface area contributed by atoms with Crippen molar-refractivity contribution in [3.05, 3.63) is 24.5 Å². The third-order valence-electron chi connectivity index (χ3n) is 3.34. The van der Waals surface area contributed by atoms with Crippen molar-refractivity contribution < 1.29 is 0 Å². The molecule has 1 aliphatic heterocycles. The number of piperidine rings is 1. The van der Waals surface area contributed by atoms with Crippen LogP contribution in [0.2, 0.25) is 0 Å². The molecule has 1 aromatic rings. The maximum atomic E-state index is 4.06. The fraction of sp³-hybridized carbons (Fsp3) is 0.615. The zero-order valence-corrected chi connectivity index (χ0v) is 9.52. The Morgan fingerprint density at radius 3 is 2.53 bits per heavy atom. The van der Waals surface area contributed by atoms with Gasteiger partial charge in [-0.05, 0) is 30.9 Å². The van der Waals surface area contributed by atoms with E-state index in [2.05, 4.69) is 28.9 Å². The predicted molar refractivity (Wildman–Crippen MR) is 64.1 cm³/mol. The molecule has 1 saturated heterocycles. The standard InChI is InChI=1S/C13H20N2/c1-2-3-12-6-10-15(11-7-12)13-4-8-14-9-5-13/h4-5,8-9,12H,2-3,6-7,10-11H2,1H3.